The number of carbonyl (C=O) groups excluding carboxylic acids is 1. The SMILES string of the molecule is CC/C=C(\C(=O)NC)c1ccc2cnc(Nc3ccc(C4CCN(CCO)CC4)cc3OC)nn12. The number of ether oxygens (including phenoxy) is 1. The van der Waals surface area contributed by atoms with E-state index in [4.69, 9.17) is 4.74 Å². The number of piperidine rings is 1. The van der Waals surface area contributed by atoms with Crippen molar-refractivity contribution in [3.8, 4) is 5.75 Å². The van der Waals surface area contributed by atoms with Crippen molar-refractivity contribution in [1.82, 2.24) is 24.8 Å². The maximum Gasteiger partial charge on any atom is 0.252 e. The van der Waals surface area contributed by atoms with Gasteiger partial charge in [0.25, 0.3) is 5.91 Å². The fourth-order valence-corrected chi connectivity index (χ4v) is 4.63. The number of aliphatic hydroxyl groups is 1. The number of methoxy groups -OCH3 is 1. The first-order chi connectivity index (χ1) is 17.1. The highest BCUT2D eigenvalue weighted by atomic mass is 16.5. The summed E-state index contributed by atoms with van der Waals surface area (Å²) in [6.07, 6.45) is 6.48. The van der Waals surface area contributed by atoms with Crippen LogP contribution < -0.4 is 15.4 Å². The van der Waals surface area contributed by atoms with E-state index in [2.05, 4.69) is 37.7 Å². The van der Waals surface area contributed by atoms with Crippen molar-refractivity contribution in [2.45, 2.75) is 32.1 Å². The maximum atomic E-state index is 12.4. The van der Waals surface area contributed by atoms with Gasteiger partial charge in [-0.05, 0) is 68.1 Å². The van der Waals surface area contributed by atoms with E-state index in [9.17, 15) is 9.90 Å². The second kappa shape index (κ2) is 11.3. The number of aromatic nitrogens is 3. The van der Waals surface area contributed by atoms with E-state index in [0.29, 0.717) is 23.1 Å². The Hall–Kier alpha value is -3.43. The molecular weight excluding hydrogens is 444 g/mol. The van der Waals surface area contributed by atoms with Crippen LogP contribution in [0.25, 0.3) is 11.1 Å². The van der Waals surface area contributed by atoms with E-state index >= 15 is 0 Å². The van der Waals surface area contributed by atoms with Gasteiger partial charge in [-0.15, -0.1) is 5.10 Å². The predicted octanol–water partition coefficient (Wildman–Crippen LogP) is 3.19. The van der Waals surface area contributed by atoms with Crippen molar-refractivity contribution < 1.29 is 14.6 Å². The molecule has 1 fully saturated rings. The highest BCUT2D eigenvalue weighted by molar-refractivity contribution is 6.19. The summed E-state index contributed by atoms with van der Waals surface area (Å²) in [6.45, 7) is 4.93. The van der Waals surface area contributed by atoms with Crippen LogP contribution in [0.5, 0.6) is 5.75 Å². The smallest absolute Gasteiger partial charge is 0.252 e. The number of likely N-dealkylation sites (N-methyl/N-ethyl adjacent to an activating group) is 1. The van der Waals surface area contributed by atoms with Gasteiger partial charge in [0.05, 0.1) is 42.4 Å². The number of allylic oxidation sites excluding steroid dienone is 1. The number of β-amino-alcohol motifs (C(OH)–C–C–N with tert-alkyl or cyclic N) is 1. The number of aliphatic hydroxyl groups excluding tert-OH is 1. The van der Waals surface area contributed by atoms with Gasteiger partial charge in [0.15, 0.2) is 0 Å². The first kappa shape index (κ1) is 24.7. The number of nitrogens with zero attached hydrogens (tertiary/aromatic N) is 4. The quantitative estimate of drug-likeness (QED) is 0.406. The number of benzene rings is 1. The number of nitrogens with one attached hydrogen (secondary N) is 2. The number of amides is 1. The molecule has 0 spiro atoms. The summed E-state index contributed by atoms with van der Waals surface area (Å²) in [5.74, 6) is 1.45. The molecule has 3 N–H and O–H groups in total. The molecule has 4 rings (SSSR count). The van der Waals surface area contributed by atoms with Crippen LogP contribution in [0.4, 0.5) is 11.6 Å². The van der Waals surface area contributed by atoms with Gasteiger partial charge in [-0.1, -0.05) is 19.1 Å². The lowest BCUT2D eigenvalue weighted by Crippen LogP contribution is -2.34. The van der Waals surface area contributed by atoms with Crippen molar-refractivity contribution in [1.29, 1.82) is 0 Å². The Morgan fingerprint density at radius 1 is 1.26 bits per heavy atom. The fraction of sp³-hybridized carbons (Fsp3) is 0.423. The van der Waals surface area contributed by atoms with E-state index < -0.39 is 0 Å². The average molecular weight is 479 g/mol. The molecule has 2 aromatic heterocycles. The van der Waals surface area contributed by atoms with Gasteiger partial charge in [0.1, 0.15) is 5.75 Å². The van der Waals surface area contributed by atoms with Crippen LogP contribution in [0.15, 0.2) is 42.6 Å². The Kier molecular flexibility index (Phi) is 7.99. The maximum absolute atomic E-state index is 12.4. The Morgan fingerprint density at radius 2 is 2.06 bits per heavy atom. The lowest BCUT2D eigenvalue weighted by Gasteiger charge is -2.31. The topological polar surface area (TPSA) is 104 Å². The molecule has 35 heavy (non-hydrogen) atoms. The molecule has 1 amide bonds. The molecule has 9 heteroatoms. The molecule has 0 atom stereocenters. The van der Waals surface area contributed by atoms with E-state index in [1.165, 1.54) is 5.56 Å². The molecule has 3 heterocycles. The van der Waals surface area contributed by atoms with Crippen molar-refractivity contribution in [2.75, 3.05) is 45.7 Å². The van der Waals surface area contributed by atoms with Gasteiger partial charge in [-0.25, -0.2) is 9.50 Å². The minimum Gasteiger partial charge on any atom is -0.495 e. The molecular formula is C26H34N6O3. The summed E-state index contributed by atoms with van der Waals surface area (Å²) in [5.41, 5.74) is 4.11. The Morgan fingerprint density at radius 3 is 2.74 bits per heavy atom. The summed E-state index contributed by atoms with van der Waals surface area (Å²) in [5, 5.41) is 19.8. The molecule has 0 aliphatic carbocycles. The molecule has 0 unspecified atom stereocenters. The molecule has 9 nitrogen and oxygen atoms in total. The van der Waals surface area contributed by atoms with Crippen LogP contribution in [0.2, 0.25) is 0 Å². The van der Waals surface area contributed by atoms with Crippen molar-refractivity contribution in [2.24, 2.45) is 0 Å². The third kappa shape index (κ3) is 5.47. The standard InChI is InChI=1S/C26H34N6O3/c1-4-5-21(25(34)27-2)23-9-7-20-17-28-26(30-32(20)23)29-22-8-6-19(16-24(22)35-3)18-10-12-31(13-11-18)14-15-33/h5-9,16-18,33H,4,10-15H2,1-3H3,(H,27,34)(H,29,30)/b21-5-. The monoisotopic (exact) mass is 478 g/mol. The number of likely N-dealkylation sites (tertiary alicyclic amines) is 1. The lowest BCUT2D eigenvalue weighted by molar-refractivity contribution is -0.115. The van der Waals surface area contributed by atoms with Gasteiger partial charge in [-0.2, -0.15) is 0 Å². The summed E-state index contributed by atoms with van der Waals surface area (Å²) in [4.78, 5) is 19.2. The summed E-state index contributed by atoms with van der Waals surface area (Å²) >= 11 is 0. The second-order valence-electron chi connectivity index (χ2n) is 8.67. The Balaban J connectivity index is 1.57. The van der Waals surface area contributed by atoms with E-state index in [1.807, 2.05) is 31.2 Å². The highest BCUT2D eigenvalue weighted by Crippen LogP contribution is 2.34. The molecule has 0 saturated carbocycles. The van der Waals surface area contributed by atoms with Crippen LogP contribution in [0, 0.1) is 0 Å². The van der Waals surface area contributed by atoms with Crippen LogP contribution in [-0.2, 0) is 4.79 Å². The van der Waals surface area contributed by atoms with Crippen LogP contribution >= 0.6 is 0 Å². The number of rotatable bonds is 9. The zero-order valence-electron chi connectivity index (χ0n) is 20.6. The number of hydrogen-bond donors (Lipinski definition) is 3. The van der Waals surface area contributed by atoms with Crippen molar-refractivity contribution in [3.05, 3.63) is 53.9 Å². The number of anilines is 2. The average Bonchev–Trinajstić information content (AvgIpc) is 3.30. The van der Waals surface area contributed by atoms with Crippen LogP contribution in [0.3, 0.4) is 0 Å². The van der Waals surface area contributed by atoms with Gasteiger partial charge in [-0.3, -0.25) is 4.79 Å². The largest absolute Gasteiger partial charge is 0.495 e. The predicted molar refractivity (Wildman–Crippen MR) is 137 cm³/mol. The minimum atomic E-state index is -0.153. The third-order valence-corrected chi connectivity index (χ3v) is 6.50. The zero-order chi connectivity index (χ0) is 24.8. The molecule has 1 aliphatic heterocycles. The fourth-order valence-electron chi connectivity index (χ4n) is 4.63. The molecule has 3 aromatic rings. The van der Waals surface area contributed by atoms with E-state index in [1.54, 1.807) is 24.9 Å². The van der Waals surface area contributed by atoms with Crippen LogP contribution in [0.1, 0.15) is 43.4 Å². The Bertz CT molecular complexity index is 1200. The first-order valence-corrected chi connectivity index (χ1v) is 12.1. The van der Waals surface area contributed by atoms with Crippen LogP contribution in [-0.4, -0.2) is 70.9 Å². The highest BCUT2D eigenvalue weighted by Gasteiger charge is 2.21. The molecule has 1 saturated heterocycles. The molecule has 1 aliphatic rings. The second-order valence-corrected chi connectivity index (χ2v) is 8.67. The summed E-state index contributed by atoms with van der Waals surface area (Å²) in [6, 6.07) is 10.00. The molecule has 1 aromatic carbocycles. The van der Waals surface area contributed by atoms with Gasteiger partial charge in [0.2, 0.25) is 5.95 Å². The number of carbonyl (C=O) groups is 1. The minimum absolute atomic E-state index is 0.153. The molecule has 0 bridgehead atoms. The Labute approximate surface area is 205 Å². The van der Waals surface area contributed by atoms with E-state index in [-0.39, 0.29) is 12.5 Å². The van der Waals surface area contributed by atoms with E-state index in [0.717, 1.165) is 55.9 Å². The number of fused-ring (bicyclic) bond motifs is 1. The normalized spacial score (nSPS) is 15.4. The van der Waals surface area contributed by atoms with Gasteiger partial charge >= 0.3 is 0 Å². The van der Waals surface area contributed by atoms with Gasteiger partial charge < -0.3 is 25.4 Å². The van der Waals surface area contributed by atoms with Crippen molar-refractivity contribution in [3.63, 3.8) is 0 Å². The summed E-state index contributed by atoms with van der Waals surface area (Å²) < 4.78 is 7.42. The summed E-state index contributed by atoms with van der Waals surface area (Å²) in [7, 11) is 3.28. The van der Waals surface area contributed by atoms with Crippen molar-refractivity contribution >= 4 is 28.6 Å². The zero-order valence-corrected chi connectivity index (χ0v) is 20.6. The number of hydrogen-bond acceptors (Lipinski definition) is 7. The first-order valence-electron chi connectivity index (χ1n) is 12.1. The lowest BCUT2D eigenvalue weighted by atomic mass is 9.89. The van der Waals surface area contributed by atoms with Gasteiger partial charge in [0, 0.05) is 13.6 Å². The third-order valence-electron chi connectivity index (χ3n) is 6.50. The molecule has 0 radical (unpaired) electrons. The molecule has 186 valence electrons.